The molecule has 19 heavy (non-hydrogen) atoms. The molecule has 4 saturated heterocycles. The van der Waals surface area contributed by atoms with Gasteiger partial charge in [0, 0.05) is 23.6 Å². The highest BCUT2D eigenvalue weighted by Gasteiger charge is 2.78. The van der Waals surface area contributed by atoms with Crippen molar-refractivity contribution in [2.45, 2.75) is 36.4 Å². The minimum Gasteiger partial charge on any atom is -0.504 e. The SMILES string of the molecule is O=C1CN2C3C[C@@]45c6c(ccc(O)c6O[C@H]14)C[C@H]2[C@@H]35. The van der Waals surface area contributed by atoms with Gasteiger partial charge in [-0.2, -0.15) is 0 Å². The van der Waals surface area contributed by atoms with Crippen LogP contribution in [-0.2, 0) is 16.6 Å². The van der Waals surface area contributed by atoms with Crippen molar-refractivity contribution in [2.24, 2.45) is 5.92 Å². The van der Waals surface area contributed by atoms with Gasteiger partial charge in [0.15, 0.2) is 23.4 Å². The van der Waals surface area contributed by atoms with E-state index in [1.165, 1.54) is 11.1 Å². The molecule has 1 saturated carbocycles. The van der Waals surface area contributed by atoms with Gasteiger partial charge in [0.2, 0.25) is 0 Å². The molecule has 1 N–H and O–H groups in total. The van der Waals surface area contributed by atoms with Gasteiger partial charge in [-0.05, 0) is 24.5 Å². The van der Waals surface area contributed by atoms with E-state index in [-0.39, 0.29) is 23.1 Å². The molecule has 1 aromatic rings. The molecule has 2 aliphatic carbocycles. The second kappa shape index (κ2) is 2.40. The number of carbonyl (C=O) groups is 1. The van der Waals surface area contributed by atoms with Crippen LogP contribution in [-0.4, -0.2) is 40.5 Å². The van der Waals surface area contributed by atoms with Crippen molar-refractivity contribution in [1.29, 1.82) is 0 Å². The monoisotopic (exact) mass is 255 g/mol. The summed E-state index contributed by atoms with van der Waals surface area (Å²) in [6, 6.07) is 4.86. The van der Waals surface area contributed by atoms with Gasteiger partial charge in [0.1, 0.15) is 0 Å². The van der Waals surface area contributed by atoms with E-state index in [4.69, 9.17) is 4.74 Å². The summed E-state index contributed by atoms with van der Waals surface area (Å²) >= 11 is 0. The molecule has 0 aromatic heterocycles. The zero-order valence-corrected chi connectivity index (χ0v) is 10.3. The fourth-order valence-corrected chi connectivity index (χ4v) is 5.70. The van der Waals surface area contributed by atoms with Crippen molar-refractivity contribution in [3.05, 3.63) is 23.3 Å². The van der Waals surface area contributed by atoms with E-state index in [1.807, 2.05) is 6.07 Å². The van der Waals surface area contributed by atoms with Gasteiger partial charge in [0.25, 0.3) is 0 Å². The van der Waals surface area contributed by atoms with Gasteiger partial charge in [-0.15, -0.1) is 0 Å². The van der Waals surface area contributed by atoms with Crippen LogP contribution in [0.5, 0.6) is 11.5 Å². The second-order valence-corrected chi connectivity index (χ2v) is 6.69. The van der Waals surface area contributed by atoms with E-state index in [0.29, 0.717) is 30.3 Å². The van der Waals surface area contributed by atoms with Crippen LogP contribution in [0.25, 0.3) is 0 Å². The molecule has 1 spiro atoms. The number of ether oxygens (including phenoxy) is 1. The summed E-state index contributed by atoms with van der Waals surface area (Å²) < 4.78 is 5.95. The molecule has 5 bridgehead atoms. The van der Waals surface area contributed by atoms with Crippen LogP contribution in [0.3, 0.4) is 0 Å². The number of hydrogen-bond donors (Lipinski definition) is 1. The van der Waals surface area contributed by atoms with Gasteiger partial charge in [-0.1, -0.05) is 6.07 Å². The summed E-state index contributed by atoms with van der Waals surface area (Å²) in [5.41, 5.74) is 2.36. The molecule has 2 unspecified atom stereocenters. The van der Waals surface area contributed by atoms with Crippen LogP contribution in [0.4, 0.5) is 0 Å². The Bertz CT molecular complexity index is 684. The lowest BCUT2D eigenvalue weighted by atomic mass is 9.42. The maximum atomic E-state index is 12.5. The van der Waals surface area contributed by atoms with E-state index < -0.39 is 0 Å². The Labute approximate surface area is 110 Å². The van der Waals surface area contributed by atoms with Crippen LogP contribution in [0.15, 0.2) is 12.1 Å². The molecule has 8 rings (SSSR count). The lowest BCUT2D eigenvalue weighted by Crippen LogP contribution is -2.79. The summed E-state index contributed by atoms with van der Waals surface area (Å²) in [7, 11) is 0. The summed E-state index contributed by atoms with van der Waals surface area (Å²) in [6.45, 7) is 0.538. The summed E-state index contributed by atoms with van der Waals surface area (Å²) in [4.78, 5) is 14.8. The van der Waals surface area contributed by atoms with E-state index in [9.17, 15) is 9.90 Å². The molecule has 5 aliphatic heterocycles. The second-order valence-electron chi connectivity index (χ2n) is 6.69. The molecule has 1 aromatic carbocycles. The van der Waals surface area contributed by atoms with E-state index in [2.05, 4.69) is 4.90 Å². The maximum Gasteiger partial charge on any atom is 0.188 e. The lowest BCUT2D eigenvalue weighted by molar-refractivity contribution is -0.177. The topological polar surface area (TPSA) is 49.8 Å². The van der Waals surface area contributed by atoms with Gasteiger partial charge in [-0.3, -0.25) is 9.69 Å². The van der Waals surface area contributed by atoms with Gasteiger partial charge < -0.3 is 9.84 Å². The standard InChI is InChI=1S/C15H13NO3/c17-9-2-1-6-3-7-12-8-4-15(12)11(6)13(9)19-14(15)10(18)5-16(7)8/h1-2,7-8,12,14,17H,3-5H2/t7-,8?,12-,14+,15-/m0/s1. The van der Waals surface area contributed by atoms with Crippen LogP contribution in [0, 0.1) is 5.92 Å². The fourth-order valence-electron chi connectivity index (χ4n) is 5.70. The molecule has 4 heteroatoms. The number of hydrogen-bond acceptors (Lipinski definition) is 4. The molecule has 5 heterocycles. The molecule has 4 nitrogen and oxygen atoms in total. The normalized spacial score (nSPS) is 49.9. The van der Waals surface area contributed by atoms with Crippen LogP contribution in [0.1, 0.15) is 17.5 Å². The predicted molar refractivity (Wildman–Crippen MR) is 65.3 cm³/mol. The number of carbonyl (C=O) groups excluding carboxylic acids is 1. The minimum atomic E-state index is -0.342. The number of phenolic OH excluding ortho intramolecular Hbond substituents is 1. The summed E-state index contributed by atoms with van der Waals surface area (Å²) in [5.74, 6) is 1.59. The number of phenols is 1. The quantitative estimate of drug-likeness (QED) is 0.737. The molecule has 5 fully saturated rings. The van der Waals surface area contributed by atoms with Crippen LogP contribution >= 0.6 is 0 Å². The van der Waals surface area contributed by atoms with Crippen LogP contribution in [0.2, 0.25) is 0 Å². The smallest absolute Gasteiger partial charge is 0.188 e. The number of ketones is 1. The number of nitrogens with zero attached hydrogens (tertiary/aromatic N) is 1. The Morgan fingerprint density at radius 2 is 2.26 bits per heavy atom. The molecule has 6 atom stereocenters. The first-order chi connectivity index (χ1) is 9.22. The first-order valence-corrected chi connectivity index (χ1v) is 7.02. The first-order valence-electron chi connectivity index (χ1n) is 7.02. The van der Waals surface area contributed by atoms with Crippen molar-refractivity contribution in [3.63, 3.8) is 0 Å². The third kappa shape index (κ3) is 0.692. The highest BCUT2D eigenvalue weighted by atomic mass is 16.5. The Hall–Kier alpha value is -1.55. The maximum absolute atomic E-state index is 12.5. The molecule has 0 amide bonds. The Kier molecular flexibility index (Phi) is 1.18. The summed E-state index contributed by atoms with van der Waals surface area (Å²) in [6.07, 6.45) is 1.70. The molecular formula is C15H13NO3. The molecule has 96 valence electrons. The molecule has 7 aliphatic rings. The number of rotatable bonds is 0. The zero-order chi connectivity index (χ0) is 12.5. The third-order valence-corrected chi connectivity index (χ3v) is 6.27. The van der Waals surface area contributed by atoms with Crippen LogP contribution < -0.4 is 4.74 Å². The van der Waals surface area contributed by atoms with Crippen molar-refractivity contribution < 1.29 is 14.6 Å². The predicted octanol–water partition coefficient (Wildman–Crippen LogP) is 0.603. The number of benzene rings is 1. The molecular weight excluding hydrogens is 242 g/mol. The third-order valence-electron chi connectivity index (χ3n) is 6.27. The van der Waals surface area contributed by atoms with Crippen molar-refractivity contribution >= 4 is 5.78 Å². The van der Waals surface area contributed by atoms with Gasteiger partial charge >= 0.3 is 0 Å². The summed E-state index contributed by atoms with van der Waals surface area (Å²) in [5, 5.41) is 10.1. The van der Waals surface area contributed by atoms with Crippen molar-refractivity contribution in [3.8, 4) is 11.5 Å². The highest BCUT2D eigenvalue weighted by Crippen LogP contribution is 2.71. The van der Waals surface area contributed by atoms with E-state index in [0.717, 1.165) is 12.8 Å². The average molecular weight is 255 g/mol. The van der Waals surface area contributed by atoms with Crippen molar-refractivity contribution in [2.75, 3.05) is 6.54 Å². The molecule has 0 radical (unpaired) electrons. The zero-order valence-electron chi connectivity index (χ0n) is 10.3. The first kappa shape index (κ1) is 9.37. The van der Waals surface area contributed by atoms with Gasteiger partial charge in [0.05, 0.1) is 12.0 Å². The highest BCUT2D eigenvalue weighted by molar-refractivity contribution is 5.91. The lowest BCUT2D eigenvalue weighted by Gasteiger charge is -2.70. The Balaban J connectivity index is 1.75. The Morgan fingerprint density at radius 1 is 1.37 bits per heavy atom. The van der Waals surface area contributed by atoms with Gasteiger partial charge in [-0.25, -0.2) is 0 Å². The average Bonchev–Trinajstić information content (AvgIpc) is 2.60. The number of Topliss-reactive ketones (excluding diaryl/α,β-unsaturated/α-hetero) is 1. The number of piperidine rings is 1. The van der Waals surface area contributed by atoms with E-state index in [1.54, 1.807) is 6.07 Å². The van der Waals surface area contributed by atoms with Crippen molar-refractivity contribution in [1.82, 2.24) is 4.90 Å². The number of aromatic hydroxyl groups is 1. The largest absolute Gasteiger partial charge is 0.504 e. The van der Waals surface area contributed by atoms with E-state index >= 15 is 0 Å². The minimum absolute atomic E-state index is 0.0962. The fraction of sp³-hybridized carbons (Fsp3) is 0.533. The Morgan fingerprint density at radius 3 is 3.16 bits per heavy atom.